The molecule has 1 aromatic heterocycles. The molecular weight excluding hydrogens is 128 g/mol. The van der Waals surface area contributed by atoms with Gasteiger partial charge < -0.3 is 11.1 Å². The molecule has 0 aliphatic rings. The molecule has 1 aromatic rings. The van der Waals surface area contributed by atoms with Gasteiger partial charge in [0.1, 0.15) is 5.82 Å². The molecule has 0 aliphatic heterocycles. The van der Waals surface area contributed by atoms with Gasteiger partial charge >= 0.3 is 0 Å². The Hall–Kier alpha value is -1.16. The van der Waals surface area contributed by atoms with Gasteiger partial charge in [0.25, 0.3) is 0 Å². The van der Waals surface area contributed by atoms with E-state index in [4.69, 9.17) is 5.73 Å². The minimum atomic E-state index is 0.441. The Morgan fingerprint density at radius 1 is 1.50 bits per heavy atom. The fraction of sp³-hybridized carbons (Fsp3) is 0.333. The van der Waals surface area contributed by atoms with Crippen molar-refractivity contribution in [3.63, 3.8) is 0 Å². The van der Waals surface area contributed by atoms with Crippen molar-refractivity contribution in [1.82, 2.24) is 10.2 Å². The standard InChI is InChI=1S/C6H10N4/c1-8-6-3-2-5(4-7)9-10-6/h2-3H,4,7H2,1H3,(H,8,10). The molecule has 0 bridgehead atoms. The Morgan fingerprint density at radius 3 is 2.70 bits per heavy atom. The molecule has 1 rings (SSSR count). The maximum atomic E-state index is 5.32. The van der Waals surface area contributed by atoms with E-state index < -0.39 is 0 Å². The quantitative estimate of drug-likeness (QED) is 0.602. The number of rotatable bonds is 2. The van der Waals surface area contributed by atoms with Crippen LogP contribution in [0.4, 0.5) is 5.82 Å². The van der Waals surface area contributed by atoms with Crippen molar-refractivity contribution in [2.45, 2.75) is 6.54 Å². The van der Waals surface area contributed by atoms with Crippen LogP contribution in [0.1, 0.15) is 5.69 Å². The lowest BCUT2D eigenvalue weighted by Crippen LogP contribution is -2.02. The highest BCUT2D eigenvalue weighted by Crippen LogP contribution is 1.98. The zero-order valence-corrected chi connectivity index (χ0v) is 5.83. The molecule has 4 heteroatoms. The van der Waals surface area contributed by atoms with Crippen molar-refractivity contribution in [3.8, 4) is 0 Å². The summed E-state index contributed by atoms with van der Waals surface area (Å²) in [5.41, 5.74) is 6.12. The minimum Gasteiger partial charge on any atom is -0.372 e. The lowest BCUT2D eigenvalue weighted by Gasteiger charge is -1.96. The molecule has 0 radical (unpaired) electrons. The number of hydrogen-bond acceptors (Lipinski definition) is 4. The van der Waals surface area contributed by atoms with Crippen molar-refractivity contribution in [3.05, 3.63) is 17.8 Å². The van der Waals surface area contributed by atoms with Gasteiger partial charge in [0.15, 0.2) is 0 Å². The molecule has 54 valence electrons. The molecule has 0 aliphatic carbocycles. The summed E-state index contributed by atoms with van der Waals surface area (Å²) >= 11 is 0. The van der Waals surface area contributed by atoms with Gasteiger partial charge in [-0.25, -0.2) is 0 Å². The topological polar surface area (TPSA) is 63.8 Å². The highest BCUT2D eigenvalue weighted by atomic mass is 15.2. The Balaban J connectivity index is 2.80. The molecule has 0 saturated heterocycles. The number of aromatic nitrogens is 2. The van der Waals surface area contributed by atoms with Crippen LogP contribution < -0.4 is 11.1 Å². The van der Waals surface area contributed by atoms with Gasteiger partial charge in [-0.1, -0.05) is 0 Å². The van der Waals surface area contributed by atoms with Crippen LogP contribution in [-0.4, -0.2) is 17.2 Å². The lowest BCUT2D eigenvalue weighted by atomic mass is 10.4. The largest absolute Gasteiger partial charge is 0.372 e. The van der Waals surface area contributed by atoms with Crippen LogP contribution >= 0.6 is 0 Å². The smallest absolute Gasteiger partial charge is 0.148 e. The maximum absolute atomic E-state index is 5.32. The molecule has 0 atom stereocenters. The number of hydrogen-bond donors (Lipinski definition) is 2. The van der Waals surface area contributed by atoms with Crippen molar-refractivity contribution in [1.29, 1.82) is 0 Å². The van der Waals surface area contributed by atoms with E-state index in [1.54, 1.807) is 7.05 Å². The molecule has 0 unspecified atom stereocenters. The second-order valence-corrected chi connectivity index (χ2v) is 1.86. The highest BCUT2D eigenvalue weighted by molar-refractivity contribution is 5.31. The fourth-order valence-corrected chi connectivity index (χ4v) is 0.602. The first-order valence-electron chi connectivity index (χ1n) is 3.07. The highest BCUT2D eigenvalue weighted by Gasteiger charge is 1.91. The Bertz CT molecular complexity index is 170. The van der Waals surface area contributed by atoms with Crippen LogP contribution in [0.15, 0.2) is 12.1 Å². The summed E-state index contributed by atoms with van der Waals surface area (Å²) in [6.45, 7) is 0.441. The minimum absolute atomic E-state index is 0.441. The number of nitrogens with one attached hydrogen (secondary N) is 1. The number of anilines is 1. The summed E-state index contributed by atoms with van der Waals surface area (Å²) in [6, 6.07) is 3.69. The van der Waals surface area contributed by atoms with Crippen molar-refractivity contribution in [2.75, 3.05) is 12.4 Å². The Morgan fingerprint density at radius 2 is 2.30 bits per heavy atom. The molecular formula is C6H10N4. The summed E-state index contributed by atoms with van der Waals surface area (Å²) in [5.74, 6) is 0.761. The summed E-state index contributed by atoms with van der Waals surface area (Å²) < 4.78 is 0. The van der Waals surface area contributed by atoms with Crippen molar-refractivity contribution in [2.24, 2.45) is 5.73 Å². The first kappa shape index (κ1) is 6.95. The van der Waals surface area contributed by atoms with Gasteiger partial charge in [-0.05, 0) is 12.1 Å². The van der Waals surface area contributed by atoms with Gasteiger partial charge in [0.2, 0.25) is 0 Å². The SMILES string of the molecule is CNc1ccc(CN)nn1. The van der Waals surface area contributed by atoms with E-state index in [9.17, 15) is 0 Å². The van der Waals surface area contributed by atoms with Crippen LogP contribution in [0.3, 0.4) is 0 Å². The van der Waals surface area contributed by atoms with Gasteiger partial charge in [0, 0.05) is 13.6 Å². The maximum Gasteiger partial charge on any atom is 0.148 e. The van der Waals surface area contributed by atoms with Gasteiger partial charge in [-0.2, -0.15) is 5.10 Å². The summed E-state index contributed by atoms with van der Waals surface area (Å²) in [7, 11) is 1.80. The molecule has 0 spiro atoms. The number of nitrogens with zero attached hydrogens (tertiary/aromatic N) is 2. The molecule has 0 saturated carbocycles. The van der Waals surface area contributed by atoms with Crippen LogP contribution in [0.25, 0.3) is 0 Å². The average molecular weight is 138 g/mol. The second kappa shape index (κ2) is 3.12. The van der Waals surface area contributed by atoms with Gasteiger partial charge in [-0.3, -0.25) is 0 Å². The molecule has 1 heterocycles. The van der Waals surface area contributed by atoms with E-state index in [0.717, 1.165) is 11.5 Å². The zero-order valence-electron chi connectivity index (χ0n) is 5.83. The van der Waals surface area contributed by atoms with E-state index in [1.165, 1.54) is 0 Å². The molecule has 0 amide bonds. The Labute approximate surface area is 59.5 Å². The van der Waals surface area contributed by atoms with Crippen LogP contribution in [-0.2, 0) is 6.54 Å². The van der Waals surface area contributed by atoms with Gasteiger partial charge in [0.05, 0.1) is 5.69 Å². The van der Waals surface area contributed by atoms with Crippen LogP contribution in [0.5, 0.6) is 0 Å². The van der Waals surface area contributed by atoms with Crippen LogP contribution in [0, 0.1) is 0 Å². The van der Waals surface area contributed by atoms with E-state index in [-0.39, 0.29) is 0 Å². The first-order chi connectivity index (χ1) is 4.86. The zero-order chi connectivity index (χ0) is 7.40. The van der Waals surface area contributed by atoms with E-state index >= 15 is 0 Å². The van der Waals surface area contributed by atoms with Crippen molar-refractivity contribution >= 4 is 5.82 Å². The summed E-state index contributed by atoms with van der Waals surface area (Å²) in [4.78, 5) is 0. The number of nitrogens with two attached hydrogens (primary N) is 1. The third-order valence-corrected chi connectivity index (χ3v) is 1.19. The summed E-state index contributed by atoms with van der Waals surface area (Å²) in [6.07, 6.45) is 0. The third-order valence-electron chi connectivity index (χ3n) is 1.19. The molecule has 0 fully saturated rings. The molecule has 10 heavy (non-hydrogen) atoms. The van der Waals surface area contributed by atoms with E-state index in [1.807, 2.05) is 12.1 Å². The van der Waals surface area contributed by atoms with E-state index in [0.29, 0.717) is 6.54 Å². The molecule has 0 aromatic carbocycles. The second-order valence-electron chi connectivity index (χ2n) is 1.86. The molecule has 3 N–H and O–H groups in total. The fourth-order valence-electron chi connectivity index (χ4n) is 0.602. The Kier molecular flexibility index (Phi) is 2.17. The van der Waals surface area contributed by atoms with Crippen LogP contribution in [0.2, 0.25) is 0 Å². The lowest BCUT2D eigenvalue weighted by molar-refractivity contribution is 0.901. The summed E-state index contributed by atoms with van der Waals surface area (Å²) in [5, 5.41) is 10.5. The first-order valence-corrected chi connectivity index (χ1v) is 3.07. The average Bonchev–Trinajstić information content (AvgIpc) is 2.05. The monoisotopic (exact) mass is 138 g/mol. The van der Waals surface area contributed by atoms with E-state index in [2.05, 4.69) is 15.5 Å². The normalized spacial score (nSPS) is 9.40. The van der Waals surface area contributed by atoms with Crippen molar-refractivity contribution < 1.29 is 0 Å². The third kappa shape index (κ3) is 1.41. The predicted molar refractivity (Wildman–Crippen MR) is 39.5 cm³/mol. The molecule has 4 nitrogen and oxygen atoms in total. The predicted octanol–water partition coefficient (Wildman–Crippen LogP) is -0.0230. The van der Waals surface area contributed by atoms with Gasteiger partial charge in [-0.15, -0.1) is 5.10 Å².